The molecule has 1 aliphatic heterocycles. The monoisotopic (exact) mass is 293 g/mol. The summed E-state index contributed by atoms with van der Waals surface area (Å²) in [5, 5.41) is 1.28. The van der Waals surface area contributed by atoms with Crippen molar-refractivity contribution < 1.29 is 0 Å². The van der Waals surface area contributed by atoms with Gasteiger partial charge in [0.05, 0.1) is 11.2 Å². The quantitative estimate of drug-likeness (QED) is 0.383. The third kappa shape index (κ3) is 1.80. The first-order chi connectivity index (χ1) is 11.4. The minimum Gasteiger partial charge on any atom is -0.315 e. The first-order valence-electron chi connectivity index (χ1n) is 7.89. The summed E-state index contributed by atoms with van der Waals surface area (Å²) in [6, 6.07) is 28.0. The molecule has 0 saturated carbocycles. The average Bonchev–Trinajstić information content (AvgIpc) is 2.98. The van der Waals surface area contributed by atoms with Crippen molar-refractivity contribution in [1.29, 1.82) is 0 Å². The number of nitrogens with zero attached hydrogens (tertiary/aromatic N) is 1. The van der Waals surface area contributed by atoms with Crippen LogP contribution < -0.4 is 0 Å². The molecular formula is C22H15N. The zero-order chi connectivity index (χ0) is 15.2. The highest BCUT2D eigenvalue weighted by atomic mass is 15.0. The molecule has 0 unspecified atom stereocenters. The Balaban J connectivity index is 1.95. The van der Waals surface area contributed by atoms with E-state index in [1.165, 1.54) is 38.9 Å². The molecule has 0 saturated heterocycles. The topological polar surface area (TPSA) is 4.93 Å². The number of hydrogen-bond acceptors (Lipinski definition) is 0. The Morgan fingerprint density at radius 2 is 1.48 bits per heavy atom. The molecule has 0 atom stereocenters. The van der Waals surface area contributed by atoms with Gasteiger partial charge in [0.15, 0.2) is 0 Å². The van der Waals surface area contributed by atoms with Gasteiger partial charge in [-0.15, -0.1) is 0 Å². The predicted molar refractivity (Wildman–Crippen MR) is 96.7 cm³/mol. The molecule has 0 spiro atoms. The van der Waals surface area contributed by atoms with Crippen LogP contribution in [0, 0.1) is 0 Å². The lowest BCUT2D eigenvalue weighted by molar-refractivity contribution is 1.12. The van der Waals surface area contributed by atoms with E-state index in [2.05, 4.69) is 95.7 Å². The van der Waals surface area contributed by atoms with Crippen LogP contribution in [0.15, 0.2) is 85.1 Å². The molecule has 0 bridgehead atoms. The van der Waals surface area contributed by atoms with Crippen molar-refractivity contribution in [1.82, 2.24) is 4.57 Å². The second kappa shape index (κ2) is 4.72. The van der Waals surface area contributed by atoms with Crippen LogP contribution in [0.5, 0.6) is 0 Å². The van der Waals surface area contributed by atoms with Gasteiger partial charge >= 0.3 is 0 Å². The number of para-hydroxylation sites is 2. The van der Waals surface area contributed by atoms with Gasteiger partial charge in [-0.2, -0.15) is 0 Å². The number of aromatic nitrogens is 1. The number of fused-ring (bicyclic) bond motifs is 2. The van der Waals surface area contributed by atoms with E-state index >= 15 is 0 Å². The van der Waals surface area contributed by atoms with Crippen molar-refractivity contribution in [2.45, 2.75) is 0 Å². The van der Waals surface area contributed by atoms with Gasteiger partial charge in [0.1, 0.15) is 0 Å². The van der Waals surface area contributed by atoms with Crippen LogP contribution in [-0.2, 0) is 0 Å². The second-order valence-corrected chi connectivity index (χ2v) is 5.91. The van der Waals surface area contributed by atoms with E-state index in [0.29, 0.717) is 0 Å². The lowest BCUT2D eigenvalue weighted by Gasteiger charge is -2.10. The smallest absolute Gasteiger partial charge is 0.0607 e. The third-order valence-corrected chi connectivity index (χ3v) is 4.58. The van der Waals surface area contributed by atoms with E-state index in [-0.39, 0.29) is 0 Å². The van der Waals surface area contributed by atoms with Gasteiger partial charge < -0.3 is 4.57 Å². The summed E-state index contributed by atoms with van der Waals surface area (Å²) < 4.78 is 2.31. The van der Waals surface area contributed by atoms with E-state index in [4.69, 9.17) is 0 Å². The van der Waals surface area contributed by atoms with Gasteiger partial charge in [0.25, 0.3) is 0 Å². The Morgan fingerprint density at radius 3 is 2.39 bits per heavy atom. The van der Waals surface area contributed by atoms with Gasteiger partial charge in [-0.1, -0.05) is 66.7 Å². The Morgan fingerprint density at radius 1 is 0.652 bits per heavy atom. The van der Waals surface area contributed by atoms with Crippen LogP contribution in [0.4, 0.5) is 0 Å². The van der Waals surface area contributed by atoms with E-state index in [9.17, 15) is 0 Å². The maximum atomic E-state index is 2.31. The Labute approximate surface area is 135 Å². The number of benzene rings is 3. The summed E-state index contributed by atoms with van der Waals surface area (Å²) in [7, 11) is 0. The molecule has 2 heterocycles. The molecule has 1 heteroatoms. The molecule has 0 amide bonds. The van der Waals surface area contributed by atoms with Crippen molar-refractivity contribution in [2.75, 3.05) is 0 Å². The molecule has 5 rings (SSSR count). The zero-order valence-electron chi connectivity index (χ0n) is 12.6. The molecule has 0 fully saturated rings. The molecular weight excluding hydrogens is 278 g/mol. The lowest BCUT2D eigenvalue weighted by Crippen LogP contribution is -1.94. The molecule has 1 aromatic heterocycles. The van der Waals surface area contributed by atoms with Crippen LogP contribution in [0.3, 0.4) is 0 Å². The normalized spacial score (nSPS) is 12.6. The molecule has 23 heavy (non-hydrogen) atoms. The Bertz CT molecular complexity index is 1050. The van der Waals surface area contributed by atoms with Crippen molar-refractivity contribution >= 4 is 22.6 Å². The summed E-state index contributed by atoms with van der Waals surface area (Å²) >= 11 is 0. The van der Waals surface area contributed by atoms with Crippen molar-refractivity contribution in [3.8, 4) is 5.69 Å². The van der Waals surface area contributed by atoms with Crippen LogP contribution in [0.25, 0.3) is 28.2 Å². The second-order valence-electron chi connectivity index (χ2n) is 5.91. The van der Waals surface area contributed by atoms with Crippen molar-refractivity contribution in [3.63, 3.8) is 0 Å². The first-order valence-corrected chi connectivity index (χ1v) is 7.89. The fourth-order valence-electron chi connectivity index (χ4n) is 3.53. The minimum absolute atomic E-state index is 1.24. The van der Waals surface area contributed by atoms with E-state index in [0.717, 1.165) is 0 Å². The SMILES string of the molecule is C1=C(c2ccccc2)c2cccc3ccn(c23)-c2ccccc21. The Kier molecular flexibility index (Phi) is 2.56. The van der Waals surface area contributed by atoms with Gasteiger partial charge in [-0.3, -0.25) is 0 Å². The van der Waals surface area contributed by atoms with Crippen LogP contribution in [0.1, 0.15) is 16.7 Å². The highest BCUT2D eigenvalue weighted by Gasteiger charge is 2.18. The minimum atomic E-state index is 1.24. The summed E-state index contributed by atoms with van der Waals surface area (Å²) in [6.45, 7) is 0. The number of rotatable bonds is 1. The van der Waals surface area contributed by atoms with Gasteiger partial charge in [-0.05, 0) is 34.9 Å². The third-order valence-electron chi connectivity index (χ3n) is 4.58. The summed E-state index contributed by atoms with van der Waals surface area (Å²) in [4.78, 5) is 0. The molecule has 0 radical (unpaired) electrons. The van der Waals surface area contributed by atoms with Gasteiger partial charge in [0, 0.05) is 17.1 Å². The van der Waals surface area contributed by atoms with E-state index in [1.54, 1.807) is 0 Å². The summed E-state index contributed by atoms with van der Waals surface area (Å²) in [5.41, 5.74) is 7.59. The van der Waals surface area contributed by atoms with Crippen molar-refractivity contribution in [2.24, 2.45) is 0 Å². The molecule has 0 N–H and O–H groups in total. The maximum absolute atomic E-state index is 2.31. The maximum Gasteiger partial charge on any atom is 0.0607 e. The largest absolute Gasteiger partial charge is 0.315 e. The fraction of sp³-hybridized carbons (Fsp3) is 0. The number of hydrogen-bond donors (Lipinski definition) is 0. The first kappa shape index (κ1) is 12.5. The molecule has 0 aliphatic carbocycles. The predicted octanol–water partition coefficient (Wildman–Crippen LogP) is 5.53. The van der Waals surface area contributed by atoms with Gasteiger partial charge in [0.2, 0.25) is 0 Å². The summed E-state index contributed by atoms with van der Waals surface area (Å²) in [6.07, 6.45) is 4.49. The fourth-order valence-corrected chi connectivity index (χ4v) is 3.53. The zero-order valence-corrected chi connectivity index (χ0v) is 12.6. The Hall–Kier alpha value is -3.06. The standard InChI is InChI=1S/C22H15N/c1-2-7-16(8-3-1)20-15-18-9-4-5-12-21(18)23-14-13-17-10-6-11-19(20)22(17)23/h1-15H. The lowest BCUT2D eigenvalue weighted by atomic mass is 9.95. The van der Waals surface area contributed by atoms with Gasteiger partial charge in [-0.25, -0.2) is 0 Å². The average molecular weight is 293 g/mol. The highest BCUT2D eigenvalue weighted by molar-refractivity contribution is 6.04. The molecule has 4 aromatic rings. The highest BCUT2D eigenvalue weighted by Crippen LogP contribution is 2.37. The van der Waals surface area contributed by atoms with Crippen molar-refractivity contribution in [3.05, 3.63) is 102 Å². The van der Waals surface area contributed by atoms with E-state index in [1.807, 2.05) is 0 Å². The van der Waals surface area contributed by atoms with E-state index < -0.39 is 0 Å². The molecule has 1 aliphatic rings. The van der Waals surface area contributed by atoms with Crippen LogP contribution >= 0.6 is 0 Å². The molecule has 1 nitrogen and oxygen atoms in total. The van der Waals surface area contributed by atoms with Crippen LogP contribution in [0.2, 0.25) is 0 Å². The van der Waals surface area contributed by atoms with Crippen LogP contribution in [-0.4, -0.2) is 4.57 Å². The summed E-state index contributed by atoms with van der Waals surface area (Å²) in [5.74, 6) is 0. The molecule has 3 aromatic carbocycles. The molecule has 108 valence electrons.